The van der Waals surface area contributed by atoms with Gasteiger partial charge in [0.25, 0.3) is 0 Å². The Morgan fingerprint density at radius 3 is 2.78 bits per heavy atom. The first-order valence-electron chi connectivity index (χ1n) is 5.76. The van der Waals surface area contributed by atoms with Crippen molar-refractivity contribution < 1.29 is 9.84 Å². The quantitative estimate of drug-likeness (QED) is 0.847. The van der Waals surface area contributed by atoms with Gasteiger partial charge in [0.15, 0.2) is 0 Å². The number of aromatic nitrogens is 1. The summed E-state index contributed by atoms with van der Waals surface area (Å²) in [6.07, 6.45) is 1.13. The van der Waals surface area contributed by atoms with Crippen LogP contribution in [0.25, 0.3) is 0 Å². The Bertz CT molecular complexity index is 488. The number of aliphatic hydroxyl groups is 1. The average molecular weight is 244 g/mol. The molecule has 4 nitrogen and oxygen atoms in total. The van der Waals surface area contributed by atoms with E-state index in [1.54, 1.807) is 19.4 Å². The predicted octanol–water partition coefficient (Wildman–Crippen LogP) is 2.24. The Balaban J connectivity index is 1.95. The monoisotopic (exact) mass is 244 g/mol. The molecule has 0 saturated carbocycles. The molecule has 0 aliphatic heterocycles. The first-order chi connectivity index (χ1) is 8.79. The second kappa shape index (κ2) is 6.02. The molecule has 0 fully saturated rings. The van der Waals surface area contributed by atoms with Crippen LogP contribution in [0.2, 0.25) is 0 Å². The van der Waals surface area contributed by atoms with Gasteiger partial charge in [-0.15, -0.1) is 0 Å². The van der Waals surface area contributed by atoms with E-state index < -0.39 is 6.10 Å². The van der Waals surface area contributed by atoms with Crippen LogP contribution in [0.1, 0.15) is 11.7 Å². The highest BCUT2D eigenvalue weighted by molar-refractivity contribution is 5.45. The van der Waals surface area contributed by atoms with Crippen molar-refractivity contribution in [3.63, 3.8) is 0 Å². The summed E-state index contributed by atoms with van der Waals surface area (Å²) in [5.74, 6) is 0.550. The van der Waals surface area contributed by atoms with Gasteiger partial charge in [0.2, 0.25) is 5.88 Å². The third-order valence-electron chi connectivity index (χ3n) is 2.63. The molecule has 2 rings (SSSR count). The zero-order chi connectivity index (χ0) is 12.8. The van der Waals surface area contributed by atoms with E-state index in [0.29, 0.717) is 12.4 Å². The zero-order valence-electron chi connectivity index (χ0n) is 10.2. The molecule has 0 spiro atoms. The van der Waals surface area contributed by atoms with Gasteiger partial charge in [0.05, 0.1) is 13.2 Å². The summed E-state index contributed by atoms with van der Waals surface area (Å²) < 4.78 is 5.03. The highest BCUT2D eigenvalue weighted by Crippen LogP contribution is 2.16. The maximum absolute atomic E-state index is 10.00. The van der Waals surface area contributed by atoms with Gasteiger partial charge in [-0.25, -0.2) is 4.98 Å². The SMILES string of the molecule is COc1cc(NCC(O)c2ccccc2)ccn1. The standard InChI is InChI=1S/C14H16N2O2/c1-18-14-9-12(7-8-15-14)16-10-13(17)11-5-3-2-4-6-11/h2-9,13,17H,10H2,1H3,(H,15,16). The van der Waals surface area contributed by atoms with Gasteiger partial charge >= 0.3 is 0 Å². The maximum Gasteiger partial charge on any atom is 0.214 e. The van der Waals surface area contributed by atoms with E-state index in [-0.39, 0.29) is 0 Å². The number of hydrogen-bond acceptors (Lipinski definition) is 4. The Hall–Kier alpha value is -2.07. The van der Waals surface area contributed by atoms with Gasteiger partial charge in [0, 0.05) is 24.5 Å². The van der Waals surface area contributed by atoms with Gasteiger partial charge in [-0.3, -0.25) is 0 Å². The third-order valence-corrected chi connectivity index (χ3v) is 2.63. The van der Waals surface area contributed by atoms with E-state index in [9.17, 15) is 5.11 Å². The molecule has 1 unspecified atom stereocenters. The number of benzene rings is 1. The second-order valence-corrected chi connectivity index (χ2v) is 3.89. The lowest BCUT2D eigenvalue weighted by Crippen LogP contribution is -2.12. The molecule has 1 aromatic carbocycles. The molecule has 1 atom stereocenters. The molecular formula is C14H16N2O2. The largest absolute Gasteiger partial charge is 0.481 e. The molecule has 1 heterocycles. The van der Waals surface area contributed by atoms with E-state index in [0.717, 1.165) is 11.3 Å². The summed E-state index contributed by atoms with van der Waals surface area (Å²) in [6, 6.07) is 13.2. The van der Waals surface area contributed by atoms with Crippen molar-refractivity contribution in [1.29, 1.82) is 0 Å². The summed E-state index contributed by atoms with van der Waals surface area (Å²) in [4.78, 5) is 4.02. The van der Waals surface area contributed by atoms with Crippen molar-refractivity contribution in [2.24, 2.45) is 0 Å². The van der Waals surface area contributed by atoms with Crippen LogP contribution in [-0.2, 0) is 0 Å². The molecular weight excluding hydrogens is 228 g/mol. The van der Waals surface area contributed by atoms with Crippen LogP contribution >= 0.6 is 0 Å². The molecule has 4 heteroatoms. The second-order valence-electron chi connectivity index (χ2n) is 3.89. The fraction of sp³-hybridized carbons (Fsp3) is 0.214. The molecule has 0 saturated heterocycles. The van der Waals surface area contributed by atoms with Crippen molar-refractivity contribution in [2.45, 2.75) is 6.10 Å². The summed E-state index contributed by atoms with van der Waals surface area (Å²) in [5.41, 5.74) is 1.77. The number of ether oxygens (including phenoxy) is 1. The van der Waals surface area contributed by atoms with Gasteiger partial charge in [-0.1, -0.05) is 30.3 Å². The Kier molecular flexibility index (Phi) is 4.15. The van der Waals surface area contributed by atoms with Gasteiger partial charge in [-0.05, 0) is 11.6 Å². The fourth-order valence-corrected chi connectivity index (χ4v) is 1.64. The van der Waals surface area contributed by atoms with E-state index in [4.69, 9.17) is 4.74 Å². The number of aliphatic hydroxyl groups excluding tert-OH is 1. The summed E-state index contributed by atoms with van der Waals surface area (Å²) in [5, 5.41) is 13.1. The number of pyridine rings is 1. The van der Waals surface area contributed by atoms with Crippen LogP contribution < -0.4 is 10.1 Å². The predicted molar refractivity (Wildman–Crippen MR) is 70.7 cm³/mol. The lowest BCUT2D eigenvalue weighted by molar-refractivity contribution is 0.191. The van der Waals surface area contributed by atoms with Crippen LogP contribution in [0.15, 0.2) is 48.7 Å². The molecule has 2 aromatic rings. The van der Waals surface area contributed by atoms with Crippen molar-refractivity contribution in [2.75, 3.05) is 19.0 Å². The zero-order valence-corrected chi connectivity index (χ0v) is 10.2. The first kappa shape index (κ1) is 12.4. The lowest BCUT2D eigenvalue weighted by atomic mass is 10.1. The Morgan fingerprint density at radius 2 is 2.06 bits per heavy atom. The van der Waals surface area contributed by atoms with Crippen molar-refractivity contribution in [3.8, 4) is 5.88 Å². The summed E-state index contributed by atoms with van der Waals surface area (Å²) >= 11 is 0. The highest BCUT2D eigenvalue weighted by Gasteiger charge is 2.06. The normalized spacial score (nSPS) is 11.9. The fourth-order valence-electron chi connectivity index (χ4n) is 1.64. The number of nitrogens with one attached hydrogen (secondary N) is 1. The van der Waals surface area contributed by atoms with Crippen LogP contribution in [0.4, 0.5) is 5.69 Å². The van der Waals surface area contributed by atoms with E-state index in [2.05, 4.69) is 10.3 Å². The highest BCUT2D eigenvalue weighted by atomic mass is 16.5. The lowest BCUT2D eigenvalue weighted by Gasteiger charge is -2.13. The number of anilines is 1. The number of rotatable bonds is 5. The number of hydrogen-bond donors (Lipinski definition) is 2. The molecule has 0 aliphatic carbocycles. The first-order valence-corrected chi connectivity index (χ1v) is 5.76. The summed E-state index contributed by atoms with van der Waals surface area (Å²) in [6.45, 7) is 0.442. The molecule has 1 aromatic heterocycles. The Morgan fingerprint density at radius 1 is 1.28 bits per heavy atom. The molecule has 18 heavy (non-hydrogen) atoms. The maximum atomic E-state index is 10.00. The van der Waals surface area contributed by atoms with Gasteiger partial charge in [-0.2, -0.15) is 0 Å². The molecule has 2 N–H and O–H groups in total. The van der Waals surface area contributed by atoms with Crippen molar-refractivity contribution in [3.05, 3.63) is 54.2 Å². The molecule has 0 radical (unpaired) electrons. The van der Waals surface area contributed by atoms with Crippen LogP contribution in [0.5, 0.6) is 5.88 Å². The van der Waals surface area contributed by atoms with E-state index in [1.807, 2.05) is 36.4 Å². The number of methoxy groups -OCH3 is 1. The summed E-state index contributed by atoms with van der Waals surface area (Å²) in [7, 11) is 1.57. The van der Waals surface area contributed by atoms with Gasteiger partial charge in [0.1, 0.15) is 0 Å². The molecule has 0 aliphatic rings. The van der Waals surface area contributed by atoms with Crippen LogP contribution in [-0.4, -0.2) is 23.7 Å². The topological polar surface area (TPSA) is 54.4 Å². The minimum Gasteiger partial charge on any atom is -0.481 e. The number of nitrogens with zero attached hydrogens (tertiary/aromatic N) is 1. The smallest absolute Gasteiger partial charge is 0.214 e. The third kappa shape index (κ3) is 3.21. The molecule has 94 valence electrons. The van der Waals surface area contributed by atoms with Gasteiger partial charge < -0.3 is 15.2 Å². The van der Waals surface area contributed by atoms with E-state index >= 15 is 0 Å². The average Bonchev–Trinajstić information content (AvgIpc) is 2.46. The van der Waals surface area contributed by atoms with Crippen molar-refractivity contribution >= 4 is 5.69 Å². The molecule has 0 amide bonds. The minimum atomic E-state index is -0.537. The Labute approximate surface area is 106 Å². The van der Waals surface area contributed by atoms with Crippen LogP contribution in [0.3, 0.4) is 0 Å². The van der Waals surface area contributed by atoms with Crippen LogP contribution in [0, 0.1) is 0 Å². The van der Waals surface area contributed by atoms with E-state index in [1.165, 1.54) is 0 Å². The van der Waals surface area contributed by atoms with Crippen molar-refractivity contribution in [1.82, 2.24) is 4.98 Å². The minimum absolute atomic E-state index is 0.442. The molecule has 0 bridgehead atoms.